The van der Waals surface area contributed by atoms with E-state index >= 15 is 0 Å². The minimum Gasteiger partial charge on any atom is -0.312 e. The predicted octanol–water partition coefficient (Wildman–Crippen LogP) is 2.36. The summed E-state index contributed by atoms with van der Waals surface area (Å²) >= 11 is 6.27. The van der Waals surface area contributed by atoms with Crippen molar-refractivity contribution in [1.82, 2.24) is 14.6 Å². The first-order valence-corrected chi connectivity index (χ1v) is 6.23. The highest BCUT2D eigenvalue weighted by Crippen LogP contribution is 2.34. The Kier molecular flexibility index (Phi) is 2.43. The predicted molar refractivity (Wildman–Crippen MR) is 69.9 cm³/mol. The Morgan fingerprint density at radius 1 is 1.62 bits per heavy atom. The minimum atomic E-state index is 0.499. The Hall–Kier alpha value is -0.630. The molecule has 16 heavy (non-hydrogen) atoms. The molecule has 84 valence electrons. The molecule has 0 fully saturated rings. The van der Waals surface area contributed by atoms with E-state index in [0.29, 0.717) is 6.04 Å². The van der Waals surface area contributed by atoms with Gasteiger partial charge in [0.1, 0.15) is 5.65 Å². The summed E-state index contributed by atoms with van der Waals surface area (Å²) in [5.74, 6) is 0. The number of fused-ring (bicyclic) bond motifs is 3. The van der Waals surface area contributed by atoms with Gasteiger partial charge < -0.3 is 9.65 Å². The van der Waals surface area contributed by atoms with Crippen LogP contribution in [0.5, 0.6) is 0 Å². The lowest BCUT2D eigenvalue weighted by Gasteiger charge is -2.21. The number of hydrogen-bond donors (Lipinski definition) is 1. The first kappa shape index (κ1) is 10.5. The molecule has 2 unspecified atom stereocenters. The third-order valence-corrected chi connectivity index (χ3v) is 4.05. The van der Waals surface area contributed by atoms with Crippen LogP contribution in [0.1, 0.15) is 18.2 Å². The lowest BCUT2D eigenvalue weighted by atomic mass is 10.0. The Morgan fingerprint density at radius 3 is 3.25 bits per heavy atom. The number of aromatic nitrogens is 2. The molecule has 5 heteroatoms. The van der Waals surface area contributed by atoms with E-state index in [9.17, 15) is 0 Å². The standard InChI is InChI=1S/C11H13ClN3P/c1-6-4-7-9(5-14-6)15(16)11-10(7)8(12)2-3-13-11/h2-3,6,14H,4-5,16H2,1H3. The van der Waals surface area contributed by atoms with Crippen LogP contribution >= 0.6 is 21.0 Å². The zero-order valence-electron chi connectivity index (χ0n) is 9.00. The van der Waals surface area contributed by atoms with Crippen LogP contribution < -0.4 is 5.32 Å². The van der Waals surface area contributed by atoms with E-state index in [0.717, 1.165) is 29.0 Å². The SMILES string of the molecule is CC1Cc2c(n(P)c3nccc(Cl)c23)CN1. The molecule has 0 saturated carbocycles. The van der Waals surface area contributed by atoms with Crippen molar-refractivity contribution < 1.29 is 0 Å². The molecule has 0 amide bonds. The van der Waals surface area contributed by atoms with Gasteiger partial charge in [-0.05, 0) is 34.4 Å². The molecular weight excluding hydrogens is 241 g/mol. The Morgan fingerprint density at radius 2 is 2.44 bits per heavy atom. The van der Waals surface area contributed by atoms with Gasteiger partial charge in [-0.15, -0.1) is 0 Å². The number of nitrogens with one attached hydrogen (secondary N) is 1. The lowest BCUT2D eigenvalue weighted by Crippen LogP contribution is -2.33. The summed E-state index contributed by atoms with van der Waals surface area (Å²) in [5, 5.41) is 5.37. The van der Waals surface area contributed by atoms with E-state index in [4.69, 9.17) is 11.6 Å². The molecule has 2 aromatic rings. The molecule has 0 saturated heterocycles. The average Bonchev–Trinajstić information content (AvgIpc) is 2.54. The fraction of sp³-hybridized carbons (Fsp3) is 0.364. The van der Waals surface area contributed by atoms with Crippen LogP contribution in [0, 0.1) is 0 Å². The van der Waals surface area contributed by atoms with Gasteiger partial charge in [-0.3, -0.25) is 0 Å². The number of rotatable bonds is 0. The second kappa shape index (κ2) is 3.69. The van der Waals surface area contributed by atoms with Gasteiger partial charge in [0.15, 0.2) is 0 Å². The Bertz CT molecular complexity index is 564. The molecule has 0 spiro atoms. The third kappa shape index (κ3) is 1.39. The number of pyridine rings is 1. The van der Waals surface area contributed by atoms with Gasteiger partial charge in [-0.1, -0.05) is 11.6 Å². The van der Waals surface area contributed by atoms with Crippen LogP contribution in [0.25, 0.3) is 11.0 Å². The largest absolute Gasteiger partial charge is 0.312 e. The average molecular weight is 254 g/mol. The number of halogens is 1. The van der Waals surface area contributed by atoms with Crippen molar-refractivity contribution in [2.24, 2.45) is 0 Å². The highest BCUT2D eigenvalue weighted by atomic mass is 35.5. The maximum Gasteiger partial charge on any atom is 0.144 e. The van der Waals surface area contributed by atoms with Gasteiger partial charge in [-0.25, -0.2) is 4.98 Å². The maximum atomic E-state index is 6.27. The summed E-state index contributed by atoms with van der Waals surface area (Å²) in [6, 6.07) is 2.36. The Balaban J connectivity index is 2.37. The molecule has 3 heterocycles. The van der Waals surface area contributed by atoms with Crippen LogP contribution in [0.15, 0.2) is 12.3 Å². The topological polar surface area (TPSA) is 29.9 Å². The second-order valence-electron chi connectivity index (χ2n) is 4.27. The van der Waals surface area contributed by atoms with Gasteiger partial charge >= 0.3 is 0 Å². The van der Waals surface area contributed by atoms with E-state index in [-0.39, 0.29) is 0 Å². The van der Waals surface area contributed by atoms with E-state index in [2.05, 4.69) is 31.0 Å². The van der Waals surface area contributed by atoms with E-state index in [1.807, 2.05) is 6.07 Å². The van der Waals surface area contributed by atoms with Crippen LogP contribution in [0.4, 0.5) is 0 Å². The number of nitrogens with zero attached hydrogens (tertiary/aromatic N) is 2. The fourth-order valence-corrected chi connectivity index (χ4v) is 3.07. The van der Waals surface area contributed by atoms with Gasteiger partial charge in [0.2, 0.25) is 0 Å². The van der Waals surface area contributed by atoms with Crippen molar-refractivity contribution in [2.45, 2.75) is 25.9 Å². The highest BCUT2D eigenvalue weighted by Gasteiger charge is 2.23. The molecule has 2 aromatic heterocycles. The van der Waals surface area contributed by atoms with Gasteiger partial charge in [0, 0.05) is 29.9 Å². The van der Waals surface area contributed by atoms with Crippen LogP contribution in [-0.4, -0.2) is 15.4 Å². The minimum absolute atomic E-state index is 0.499. The maximum absolute atomic E-state index is 6.27. The van der Waals surface area contributed by atoms with Gasteiger partial charge in [-0.2, -0.15) is 0 Å². The second-order valence-corrected chi connectivity index (χ2v) is 5.20. The molecule has 2 atom stereocenters. The monoisotopic (exact) mass is 253 g/mol. The van der Waals surface area contributed by atoms with Crippen molar-refractivity contribution >= 4 is 32.0 Å². The van der Waals surface area contributed by atoms with Gasteiger partial charge in [0.25, 0.3) is 0 Å². The summed E-state index contributed by atoms with van der Waals surface area (Å²) in [6.07, 6.45) is 2.77. The quantitative estimate of drug-likeness (QED) is 0.731. The van der Waals surface area contributed by atoms with Crippen molar-refractivity contribution in [2.75, 3.05) is 0 Å². The normalized spacial score (nSPS) is 20.1. The zero-order valence-corrected chi connectivity index (χ0v) is 10.9. The summed E-state index contributed by atoms with van der Waals surface area (Å²) in [7, 11) is 2.72. The summed E-state index contributed by atoms with van der Waals surface area (Å²) in [6.45, 7) is 3.08. The van der Waals surface area contributed by atoms with Crippen molar-refractivity contribution in [1.29, 1.82) is 0 Å². The summed E-state index contributed by atoms with van der Waals surface area (Å²) in [5.41, 5.74) is 3.58. The van der Waals surface area contributed by atoms with E-state index in [1.54, 1.807) is 6.20 Å². The summed E-state index contributed by atoms with van der Waals surface area (Å²) in [4.78, 5) is 4.40. The van der Waals surface area contributed by atoms with Crippen molar-refractivity contribution in [3.8, 4) is 0 Å². The van der Waals surface area contributed by atoms with Crippen LogP contribution in [0.3, 0.4) is 0 Å². The molecule has 0 radical (unpaired) electrons. The first-order chi connectivity index (χ1) is 7.68. The lowest BCUT2D eigenvalue weighted by molar-refractivity contribution is 0.508. The molecule has 0 aromatic carbocycles. The summed E-state index contributed by atoms with van der Waals surface area (Å²) < 4.78 is 2.06. The molecule has 3 rings (SSSR count). The molecule has 1 aliphatic heterocycles. The van der Waals surface area contributed by atoms with Crippen LogP contribution in [0.2, 0.25) is 5.02 Å². The van der Waals surface area contributed by atoms with E-state index in [1.165, 1.54) is 11.3 Å². The smallest absolute Gasteiger partial charge is 0.144 e. The Labute approximate surface area is 101 Å². The first-order valence-electron chi connectivity index (χ1n) is 5.33. The van der Waals surface area contributed by atoms with E-state index < -0.39 is 0 Å². The van der Waals surface area contributed by atoms with Crippen molar-refractivity contribution in [3.63, 3.8) is 0 Å². The molecule has 0 bridgehead atoms. The fourth-order valence-electron chi connectivity index (χ4n) is 2.37. The molecule has 1 N–H and O–H groups in total. The highest BCUT2D eigenvalue weighted by molar-refractivity contribution is 7.15. The van der Waals surface area contributed by atoms with Crippen molar-refractivity contribution in [3.05, 3.63) is 28.5 Å². The molecule has 3 nitrogen and oxygen atoms in total. The zero-order chi connectivity index (χ0) is 11.3. The molecule has 1 aliphatic rings. The number of hydrogen-bond acceptors (Lipinski definition) is 2. The molecular formula is C11H13ClN3P. The third-order valence-electron chi connectivity index (χ3n) is 3.18. The van der Waals surface area contributed by atoms with Crippen LogP contribution in [-0.2, 0) is 13.0 Å². The molecule has 0 aliphatic carbocycles. The van der Waals surface area contributed by atoms with Gasteiger partial charge in [0.05, 0.1) is 5.02 Å².